The molecule has 0 nitrogen and oxygen atoms in total. The molecule has 0 N–H and O–H groups in total. The van der Waals surface area contributed by atoms with E-state index in [1.54, 1.807) is 11.1 Å². The van der Waals surface area contributed by atoms with Gasteiger partial charge in [0.2, 0.25) is 0 Å². The van der Waals surface area contributed by atoms with E-state index in [0.29, 0.717) is 5.92 Å². The first kappa shape index (κ1) is 36.1. The summed E-state index contributed by atoms with van der Waals surface area (Å²) >= 11 is 0. The molecule has 0 spiro atoms. The molecular weight excluding hydrogens is 528 g/mol. The van der Waals surface area contributed by atoms with Gasteiger partial charge in [0, 0.05) is 5.41 Å². The maximum Gasteiger partial charge on any atom is 0.0215 e. The van der Waals surface area contributed by atoms with Crippen LogP contribution in [0.1, 0.15) is 180 Å². The number of benzene rings is 3. The minimum absolute atomic E-state index is 0.131. The van der Waals surface area contributed by atoms with Gasteiger partial charge in [-0.05, 0) is 74.7 Å². The lowest BCUT2D eigenvalue weighted by Crippen LogP contribution is -2.26. The number of hydrogen-bond acceptors (Lipinski definition) is 0. The Morgan fingerprint density at radius 1 is 0.545 bits per heavy atom. The second-order valence-electron chi connectivity index (χ2n) is 14.7. The third-order valence-corrected chi connectivity index (χ3v) is 10.0. The number of fused-ring (bicyclic) bond motifs is 3. The van der Waals surface area contributed by atoms with Crippen molar-refractivity contribution in [3.63, 3.8) is 0 Å². The van der Waals surface area contributed by atoms with Gasteiger partial charge in [-0.25, -0.2) is 0 Å². The zero-order valence-corrected chi connectivity index (χ0v) is 30.3. The molecule has 0 radical (unpaired) electrons. The van der Waals surface area contributed by atoms with E-state index in [2.05, 4.69) is 109 Å². The van der Waals surface area contributed by atoms with E-state index in [1.165, 1.54) is 123 Å². The topological polar surface area (TPSA) is 0 Å². The van der Waals surface area contributed by atoms with Crippen LogP contribution in [0.15, 0.2) is 60.7 Å². The third kappa shape index (κ3) is 8.89. The minimum atomic E-state index is 0.131. The smallest absolute Gasteiger partial charge is 0.0215 e. The summed E-state index contributed by atoms with van der Waals surface area (Å²) in [6.07, 6.45) is 18.9. The lowest BCUT2D eigenvalue weighted by atomic mass is 9.70. The lowest BCUT2D eigenvalue weighted by molar-refractivity contribution is 0.397. The van der Waals surface area contributed by atoms with Gasteiger partial charge in [-0.15, -0.1) is 0 Å². The molecule has 0 bridgehead atoms. The molecule has 0 heteroatoms. The SMILES string of the molecule is CC.CCCCCCCCC1(CCCCCCCC)c2cc(-c3ccc(C(C)(C)C)cc3)ccc2-c2ccc(C(C)C)cc21. The summed E-state index contributed by atoms with van der Waals surface area (Å²) < 4.78 is 0. The molecule has 1 aliphatic carbocycles. The first-order chi connectivity index (χ1) is 21.2. The Morgan fingerprint density at radius 2 is 1.00 bits per heavy atom. The van der Waals surface area contributed by atoms with Crippen LogP contribution in [0.2, 0.25) is 0 Å². The van der Waals surface area contributed by atoms with Crippen molar-refractivity contribution in [3.8, 4) is 22.3 Å². The van der Waals surface area contributed by atoms with Crippen LogP contribution in [0.5, 0.6) is 0 Å². The predicted octanol–water partition coefficient (Wildman–Crippen LogP) is 14.6. The Kier molecular flexibility index (Phi) is 14.3. The van der Waals surface area contributed by atoms with E-state index in [0.717, 1.165) is 0 Å². The zero-order chi connectivity index (χ0) is 32.2. The van der Waals surface area contributed by atoms with Gasteiger partial charge in [0.15, 0.2) is 0 Å². The molecule has 1 aliphatic rings. The van der Waals surface area contributed by atoms with Crippen LogP contribution in [-0.4, -0.2) is 0 Å². The molecule has 0 heterocycles. The van der Waals surface area contributed by atoms with Gasteiger partial charge in [0.05, 0.1) is 0 Å². The van der Waals surface area contributed by atoms with Crippen LogP contribution < -0.4 is 0 Å². The molecule has 0 aromatic heterocycles. The molecular formula is C44H66. The summed E-state index contributed by atoms with van der Waals surface area (Å²) in [6, 6.07) is 24.3. The molecule has 3 aromatic carbocycles. The van der Waals surface area contributed by atoms with Crippen molar-refractivity contribution in [2.24, 2.45) is 0 Å². The molecule has 3 aromatic rings. The number of unbranched alkanes of at least 4 members (excludes halogenated alkanes) is 10. The first-order valence-electron chi connectivity index (χ1n) is 18.6. The van der Waals surface area contributed by atoms with Crippen molar-refractivity contribution in [1.82, 2.24) is 0 Å². The van der Waals surface area contributed by atoms with Crippen molar-refractivity contribution in [3.05, 3.63) is 82.9 Å². The van der Waals surface area contributed by atoms with E-state index in [-0.39, 0.29) is 10.8 Å². The maximum absolute atomic E-state index is 2.62. The predicted molar refractivity (Wildman–Crippen MR) is 198 cm³/mol. The highest BCUT2D eigenvalue weighted by Gasteiger charge is 2.42. The van der Waals surface area contributed by atoms with E-state index < -0.39 is 0 Å². The van der Waals surface area contributed by atoms with Gasteiger partial charge in [-0.2, -0.15) is 0 Å². The monoisotopic (exact) mass is 595 g/mol. The average Bonchev–Trinajstić information content (AvgIpc) is 3.29. The quantitative estimate of drug-likeness (QED) is 0.145. The maximum atomic E-state index is 2.62. The van der Waals surface area contributed by atoms with Gasteiger partial charge in [0.1, 0.15) is 0 Å². The van der Waals surface area contributed by atoms with Crippen molar-refractivity contribution in [2.75, 3.05) is 0 Å². The summed E-state index contributed by atoms with van der Waals surface area (Å²) in [6.45, 7) is 20.3. The summed E-state index contributed by atoms with van der Waals surface area (Å²) in [7, 11) is 0. The molecule has 242 valence electrons. The molecule has 0 aliphatic heterocycles. The molecule has 44 heavy (non-hydrogen) atoms. The lowest BCUT2D eigenvalue weighted by Gasteiger charge is -2.33. The Bertz CT molecular complexity index is 1230. The molecule has 0 saturated heterocycles. The van der Waals surface area contributed by atoms with Crippen molar-refractivity contribution < 1.29 is 0 Å². The summed E-state index contributed by atoms with van der Waals surface area (Å²) in [5.41, 5.74) is 12.2. The van der Waals surface area contributed by atoms with Crippen LogP contribution in [0, 0.1) is 0 Å². The second kappa shape index (κ2) is 17.4. The first-order valence-corrected chi connectivity index (χ1v) is 18.6. The fourth-order valence-electron chi connectivity index (χ4n) is 7.29. The van der Waals surface area contributed by atoms with E-state index in [9.17, 15) is 0 Å². The van der Waals surface area contributed by atoms with Crippen molar-refractivity contribution in [1.29, 1.82) is 0 Å². The highest BCUT2D eigenvalue weighted by atomic mass is 14.5. The Labute approximate surface area is 273 Å². The standard InChI is InChI=1S/C42H60.C2H6/c1-8-10-12-14-16-18-28-42(29-19-17-15-13-11-9-2)39-30-34(32(3)4)22-26-37(39)38-27-23-35(31-40(38)42)33-20-24-36(25-21-33)41(5,6)7;1-2/h20-27,30-32H,8-19,28-29H2,1-7H3;1-2H3. The molecule has 0 atom stereocenters. The van der Waals surface area contributed by atoms with Crippen LogP contribution in [0.4, 0.5) is 0 Å². The van der Waals surface area contributed by atoms with E-state index in [4.69, 9.17) is 0 Å². The molecule has 0 saturated carbocycles. The summed E-state index contributed by atoms with van der Waals surface area (Å²) in [5, 5.41) is 0. The Hall–Kier alpha value is -2.34. The van der Waals surface area contributed by atoms with Crippen LogP contribution in [0.3, 0.4) is 0 Å². The fourth-order valence-corrected chi connectivity index (χ4v) is 7.29. The van der Waals surface area contributed by atoms with E-state index >= 15 is 0 Å². The van der Waals surface area contributed by atoms with Gasteiger partial charge in [-0.1, -0.05) is 194 Å². The van der Waals surface area contributed by atoms with E-state index in [1.807, 2.05) is 13.8 Å². The highest BCUT2D eigenvalue weighted by molar-refractivity contribution is 5.84. The third-order valence-electron chi connectivity index (χ3n) is 10.0. The minimum Gasteiger partial charge on any atom is -0.0683 e. The highest BCUT2D eigenvalue weighted by Crippen LogP contribution is 2.55. The zero-order valence-electron chi connectivity index (χ0n) is 30.3. The molecule has 0 unspecified atom stereocenters. The van der Waals surface area contributed by atoms with Gasteiger partial charge in [-0.3, -0.25) is 0 Å². The summed E-state index contributed by atoms with van der Waals surface area (Å²) in [5.74, 6) is 0.552. The Balaban J connectivity index is 0.00000259. The normalized spacial score (nSPS) is 13.4. The number of hydrogen-bond donors (Lipinski definition) is 0. The van der Waals surface area contributed by atoms with Crippen LogP contribution >= 0.6 is 0 Å². The number of rotatable bonds is 16. The van der Waals surface area contributed by atoms with Crippen molar-refractivity contribution in [2.45, 2.75) is 169 Å². The van der Waals surface area contributed by atoms with Gasteiger partial charge < -0.3 is 0 Å². The molecule has 4 rings (SSSR count). The molecule has 0 amide bonds. The largest absolute Gasteiger partial charge is 0.0683 e. The average molecular weight is 595 g/mol. The Morgan fingerprint density at radius 3 is 1.50 bits per heavy atom. The van der Waals surface area contributed by atoms with Crippen LogP contribution in [0.25, 0.3) is 22.3 Å². The molecule has 0 fully saturated rings. The van der Waals surface area contributed by atoms with Gasteiger partial charge >= 0.3 is 0 Å². The van der Waals surface area contributed by atoms with Crippen LogP contribution in [-0.2, 0) is 10.8 Å². The fraction of sp³-hybridized carbons (Fsp3) is 0.591. The van der Waals surface area contributed by atoms with Crippen molar-refractivity contribution >= 4 is 0 Å². The second-order valence-corrected chi connectivity index (χ2v) is 14.7. The van der Waals surface area contributed by atoms with Gasteiger partial charge in [0.25, 0.3) is 0 Å². The summed E-state index contributed by atoms with van der Waals surface area (Å²) in [4.78, 5) is 0.